The smallest absolute Gasteiger partial charge is 0.167 e. The molecule has 46 heavy (non-hydrogen) atoms. The molecule has 5 heteroatoms. The predicted octanol–water partition coefficient (Wildman–Crippen LogP) is 11.0. The fourth-order valence-corrected chi connectivity index (χ4v) is 6.70. The fourth-order valence-electron chi connectivity index (χ4n) is 6.70. The van der Waals surface area contributed by atoms with E-state index < -0.39 is 0 Å². The van der Waals surface area contributed by atoms with E-state index in [1.54, 1.807) is 0 Å². The van der Waals surface area contributed by atoms with Gasteiger partial charge in [-0.15, -0.1) is 0 Å². The van der Waals surface area contributed by atoms with Gasteiger partial charge < -0.3 is 8.83 Å². The lowest BCUT2D eigenvalue weighted by atomic mass is 10.0. The van der Waals surface area contributed by atoms with Crippen molar-refractivity contribution >= 4 is 65.4 Å². The quantitative estimate of drug-likeness (QED) is 0.205. The van der Waals surface area contributed by atoms with Gasteiger partial charge in [0.1, 0.15) is 22.3 Å². The van der Waals surface area contributed by atoms with Gasteiger partial charge in [0.15, 0.2) is 17.5 Å². The van der Waals surface area contributed by atoms with Crippen LogP contribution in [0, 0.1) is 0 Å². The maximum absolute atomic E-state index is 6.43. The van der Waals surface area contributed by atoms with Crippen LogP contribution in [0.3, 0.4) is 0 Å². The van der Waals surface area contributed by atoms with Crippen molar-refractivity contribution in [2.45, 2.75) is 0 Å². The summed E-state index contributed by atoms with van der Waals surface area (Å²) in [4.78, 5) is 15.4. The molecular formula is C41H23N3O2. The lowest BCUT2D eigenvalue weighted by Crippen LogP contribution is -2.00. The standard InChI is InChI=1S/C41H23N3O2/c1-2-10-25-21-28(20-19-24(25)9-1)39-42-40(44-41(43-39)32-16-7-14-30-29-13-5-6-17-34(29)46-38(30)32)31-15-8-18-35-37(31)33-22-26-11-3-4-12-27(26)23-36(33)45-35/h1-23H. The number of hydrogen-bond donors (Lipinski definition) is 0. The van der Waals surface area contributed by atoms with E-state index in [4.69, 9.17) is 23.8 Å². The van der Waals surface area contributed by atoms with Crippen molar-refractivity contribution in [1.82, 2.24) is 15.0 Å². The van der Waals surface area contributed by atoms with Crippen molar-refractivity contribution < 1.29 is 8.83 Å². The molecule has 7 aromatic carbocycles. The van der Waals surface area contributed by atoms with Gasteiger partial charge in [-0.1, -0.05) is 103 Å². The molecule has 0 radical (unpaired) electrons. The molecule has 0 N–H and O–H groups in total. The Bertz CT molecular complexity index is 2830. The molecule has 0 bridgehead atoms. The summed E-state index contributed by atoms with van der Waals surface area (Å²) < 4.78 is 12.8. The van der Waals surface area contributed by atoms with Crippen LogP contribution in [0.4, 0.5) is 0 Å². The second-order valence-electron chi connectivity index (χ2n) is 11.6. The van der Waals surface area contributed by atoms with E-state index in [0.717, 1.165) is 82.1 Å². The van der Waals surface area contributed by atoms with Gasteiger partial charge in [0.2, 0.25) is 0 Å². The van der Waals surface area contributed by atoms with E-state index in [1.807, 2.05) is 60.7 Å². The summed E-state index contributed by atoms with van der Waals surface area (Å²) in [5.41, 5.74) is 5.81. The number of rotatable bonds is 3. The second-order valence-corrected chi connectivity index (χ2v) is 11.6. The Morgan fingerprint density at radius 1 is 0.370 bits per heavy atom. The SMILES string of the molecule is c1ccc2cc(-c3nc(-c4cccc5c4oc4ccccc45)nc(-c4cccc5oc6cc7ccccc7cc6c45)n3)ccc2c1. The van der Waals surface area contributed by atoms with Crippen molar-refractivity contribution in [3.63, 3.8) is 0 Å². The van der Waals surface area contributed by atoms with Crippen LogP contribution in [0.15, 0.2) is 148 Å². The number of benzene rings is 7. The Morgan fingerprint density at radius 2 is 1.00 bits per heavy atom. The van der Waals surface area contributed by atoms with Gasteiger partial charge in [0.25, 0.3) is 0 Å². The van der Waals surface area contributed by atoms with Gasteiger partial charge in [0, 0.05) is 32.7 Å². The molecule has 0 aliphatic heterocycles. The number of para-hydroxylation sites is 2. The van der Waals surface area contributed by atoms with Crippen molar-refractivity contribution in [2.24, 2.45) is 0 Å². The van der Waals surface area contributed by atoms with Gasteiger partial charge in [-0.25, -0.2) is 15.0 Å². The number of furan rings is 2. The highest BCUT2D eigenvalue weighted by Gasteiger charge is 2.20. The van der Waals surface area contributed by atoms with Gasteiger partial charge in [-0.05, 0) is 57.9 Å². The third kappa shape index (κ3) is 3.79. The summed E-state index contributed by atoms with van der Waals surface area (Å²) in [6.45, 7) is 0. The van der Waals surface area contributed by atoms with Crippen LogP contribution in [0.1, 0.15) is 0 Å². The molecule has 0 spiro atoms. The topological polar surface area (TPSA) is 65.0 Å². The van der Waals surface area contributed by atoms with Gasteiger partial charge >= 0.3 is 0 Å². The fraction of sp³-hybridized carbons (Fsp3) is 0. The van der Waals surface area contributed by atoms with E-state index in [-0.39, 0.29) is 0 Å². The Balaban J connectivity index is 1.27. The molecule has 0 saturated heterocycles. The lowest BCUT2D eigenvalue weighted by Gasteiger charge is -2.10. The number of nitrogens with zero attached hydrogens (tertiary/aromatic N) is 3. The molecule has 0 amide bonds. The third-order valence-electron chi connectivity index (χ3n) is 8.89. The number of fused-ring (bicyclic) bond motifs is 8. The first kappa shape index (κ1) is 25.0. The van der Waals surface area contributed by atoms with E-state index in [9.17, 15) is 0 Å². The Labute approximate surface area is 262 Å². The summed E-state index contributed by atoms with van der Waals surface area (Å²) in [5.74, 6) is 1.71. The summed E-state index contributed by atoms with van der Waals surface area (Å²) in [6, 6.07) is 47.6. The van der Waals surface area contributed by atoms with Crippen LogP contribution in [0.25, 0.3) is 99.6 Å². The Morgan fingerprint density at radius 3 is 1.87 bits per heavy atom. The summed E-state index contributed by atoms with van der Waals surface area (Å²) in [7, 11) is 0. The molecule has 10 aromatic rings. The maximum Gasteiger partial charge on any atom is 0.167 e. The highest BCUT2D eigenvalue weighted by Crippen LogP contribution is 2.40. The highest BCUT2D eigenvalue weighted by molar-refractivity contribution is 6.15. The largest absolute Gasteiger partial charge is 0.456 e. The normalized spacial score (nSPS) is 11.9. The van der Waals surface area contributed by atoms with Crippen LogP contribution in [0.2, 0.25) is 0 Å². The minimum Gasteiger partial charge on any atom is -0.456 e. The molecule has 0 saturated carbocycles. The van der Waals surface area contributed by atoms with Crippen LogP contribution in [0.5, 0.6) is 0 Å². The molecular weight excluding hydrogens is 566 g/mol. The van der Waals surface area contributed by atoms with E-state index in [1.165, 1.54) is 0 Å². The van der Waals surface area contributed by atoms with Crippen LogP contribution < -0.4 is 0 Å². The van der Waals surface area contributed by atoms with E-state index >= 15 is 0 Å². The average Bonchev–Trinajstić information content (AvgIpc) is 3.68. The van der Waals surface area contributed by atoms with Crippen molar-refractivity contribution in [1.29, 1.82) is 0 Å². The molecule has 0 unspecified atom stereocenters. The minimum atomic E-state index is 0.549. The summed E-state index contributed by atoms with van der Waals surface area (Å²) >= 11 is 0. The van der Waals surface area contributed by atoms with Crippen molar-refractivity contribution in [2.75, 3.05) is 0 Å². The number of aromatic nitrogens is 3. The zero-order valence-corrected chi connectivity index (χ0v) is 24.4. The van der Waals surface area contributed by atoms with Crippen molar-refractivity contribution in [3.05, 3.63) is 140 Å². The maximum atomic E-state index is 6.43. The molecule has 0 atom stereocenters. The van der Waals surface area contributed by atoms with Gasteiger partial charge in [0.05, 0.1) is 5.56 Å². The Hall–Kier alpha value is -6.33. The highest BCUT2D eigenvalue weighted by atomic mass is 16.3. The summed E-state index contributed by atoms with van der Waals surface area (Å²) in [6.07, 6.45) is 0. The first-order chi connectivity index (χ1) is 22.8. The molecule has 0 aliphatic rings. The van der Waals surface area contributed by atoms with Gasteiger partial charge in [-0.3, -0.25) is 0 Å². The zero-order valence-electron chi connectivity index (χ0n) is 24.4. The predicted molar refractivity (Wildman–Crippen MR) is 186 cm³/mol. The second kappa shape index (κ2) is 9.58. The molecule has 0 fully saturated rings. The van der Waals surface area contributed by atoms with Gasteiger partial charge in [-0.2, -0.15) is 0 Å². The minimum absolute atomic E-state index is 0.549. The average molecular weight is 590 g/mol. The molecule has 5 nitrogen and oxygen atoms in total. The Kier molecular flexibility index (Phi) is 5.22. The van der Waals surface area contributed by atoms with Crippen LogP contribution in [-0.2, 0) is 0 Å². The van der Waals surface area contributed by atoms with Crippen LogP contribution in [-0.4, -0.2) is 15.0 Å². The molecule has 10 rings (SSSR count). The molecule has 3 heterocycles. The molecule has 3 aromatic heterocycles. The van der Waals surface area contributed by atoms with Crippen molar-refractivity contribution in [3.8, 4) is 34.2 Å². The summed E-state index contributed by atoms with van der Waals surface area (Å²) in [5, 5.41) is 8.66. The first-order valence-electron chi connectivity index (χ1n) is 15.3. The molecule has 0 aliphatic carbocycles. The van der Waals surface area contributed by atoms with Crippen LogP contribution >= 0.6 is 0 Å². The first-order valence-corrected chi connectivity index (χ1v) is 15.3. The third-order valence-corrected chi connectivity index (χ3v) is 8.89. The van der Waals surface area contributed by atoms with E-state index in [0.29, 0.717) is 17.5 Å². The zero-order chi connectivity index (χ0) is 30.2. The lowest BCUT2D eigenvalue weighted by molar-refractivity contribution is 0.669. The van der Waals surface area contributed by atoms with E-state index in [2.05, 4.69) is 78.9 Å². The monoisotopic (exact) mass is 589 g/mol. The number of hydrogen-bond acceptors (Lipinski definition) is 5. The molecule has 214 valence electrons.